The van der Waals surface area contributed by atoms with Gasteiger partial charge < -0.3 is 28.7 Å². The van der Waals surface area contributed by atoms with Crippen LogP contribution in [0.3, 0.4) is 0 Å². The van der Waals surface area contributed by atoms with E-state index in [9.17, 15) is 28.8 Å². The molecule has 0 bridgehead atoms. The zero-order valence-corrected chi connectivity index (χ0v) is 23.8. The summed E-state index contributed by atoms with van der Waals surface area (Å²) in [7, 11) is 7.03. The van der Waals surface area contributed by atoms with Gasteiger partial charge in [0.1, 0.15) is 11.8 Å². The minimum absolute atomic E-state index is 0.242. The number of methoxy groups -OCH3 is 4. The van der Waals surface area contributed by atoms with Crippen molar-refractivity contribution in [2.75, 3.05) is 52.3 Å². The molecule has 0 spiro atoms. The molecule has 0 N–H and O–H groups in total. The molecule has 0 saturated carbocycles. The second-order valence-electron chi connectivity index (χ2n) is 9.32. The minimum atomic E-state index is -1.99. The summed E-state index contributed by atoms with van der Waals surface area (Å²) in [5.74, 6) is -9.96. The highest BCUT2D eigenvalue weighted by Crippen LogP contribution is 2.45. The van der Waals surface area contributed by atoms with Gasteiger partial charge in [-0.1, -0.05) is 36.4 Å². The van der Waals surface area contributed by atoms with Crippen molar-refractivity contribution >= 4 is 58.2 Å². The van der Waals surface area contributed by atoms with Crippen molar-refractivity contribution in [2.45, 2.75) is 0 Å². The number of rotatable bonds is 7. The molecule has 2 unspecified atom stereocenters. The number of para-hydroxylation sites is 2. The minimum Gasteiger partial charge on any atom is -0.469 e. The van der Waals surface area contributed by atoms with Crippen LogP contribution in [0.15, 0.2) is 59.7 Å². The molecule has 2 heterocycles. The third kappa shape index (κ3) is 4.60. The molecule has 218 valence electrons. The smallest absolute Gasteiger partial charge is 0.335 e. The predicted octanol–water partition coefficient (Wildman–Crippen LogP) is 1.77. The molecule has 2 amide bonds. The van der Waals surface area contributed by atoms with Gasteiger partial charge in [-0.15, -0.1) is 0 Å². The van der Waals surface area contributed by atoms with Crippen LogP contribution in [0, 0.1) is 11.8 Å². The highest BCUT2D eigenvalue weighted by atomic mass is 16.5. The summed E-state index contributed by atoms with van der Waals surface area (Å²) < 4.78 is 20.1. The molecule has 0 aliphatic carbocycles. The number of hydrogen-bond donors (Lipinski definition) is 0. The fourth-order valence-electron chi connectivity index (χ4n) is 5.34. The maximum Gasteiger partial charge on any atom is 0.335 e. The zero-order valence-electron chi connectivity index (χ0n) is 23.8. The van der Waals surface area contributed by atoms with Crippen LogP contribution >= 0.6 is 0 Å². The van der Waals surface area contributed by atoms with Crippen molar-refractivity contribution in [3.63, 3.8) is 0 Å². The van der Waals surface area contributed by atoms with Gasteiger partial charge in [0.15, 0.2) is 0 Å². The lowest BCUT2D eigenvalue weighted by atomic mass is 9.76. The van der Waals surface area contributed by atoms with Gasteiger partial charge in [-0.25, -0.2) is 9.59 Å². The van der Waals surface area contributed by atoms with Gasteiger partial charge in [0.25, 0.3) is 11.8 Å². The maximum atomic E-state index is 13.6. The van der Waals surface area contributed by atoms with E-state index in [1.54, 1.807) is 48.5 Å². The average molecular weight is 577 g/mol. The first-order valence-corrected chi connectivity index (χ1v) is 12.6. The number of amides is 2. The molecule has 0 fully saturated rings. The average Bonchev–Trinajstić information content (AvgIpc) is 3.41. The number of fused-ring (bicyclic) bond motifs is 2. The zero-order chi connectivity index (χ0) is 30.9. The highest BCUT2D eigenvalue weighted by molar-refractivity contribution is 6.38. The third-order valence-electron chi connectivity index (χ3n) is 7.32. The summed E-state index contributed by atoms with van der Waals surface area (Å²) >= 11 is 0. The topological polar surface area (TPSA) is 146 Å². The van der Waals surface area contributed by atoms with E-state index >= 15 is 0 Å². The first kappa shape index (κ1) is 29.7. The number of likely N-dealkylation sites (N-methyl/N-ethyl adjacent to an activating group) is 2. The molecule has 0 aromatic heterocycles. The highest BCUT2D eigenvalue weighted by Gasteiger charge is 2.51. The molecule has 4 rings (SSSR count). The molecule has 12 nitrogen and oxygen atoms in total. The quantitative estimate of drug-likeness (QED) is 0.272. The van der Waals surface area contributed by atoms with Crippen molar-refractivity contribution in [2.24, 2.45) is 11.8 Å². The lowest BCUT2D eigenvalue weighted by molar-refractivity contribution is -0.157. The summed E-state index contributed by atoms with van der Waals surface area (Å²) in [6.45, 7) is 0. The van der Waals surface area contributed by atoms with Crippen molar-refractivity contribution in [3.8, 4) is 0 Å². The van der Waals surface area contributed by atoms with E-state index in [4.69, 9.17) is 18.9 Å². The fraction of sp³-hybridized carbons (Fsp3) is 0.267. The number of benzene rings is 2. The molecule has 2 aliphatic rings. The van der Waals surface area contributed by atoms with Crippen LogP contribution in [0.2, 0.25) is 0 Å². The third-order valence-corrected chi connectivity index (χ3v) is 7.32. The Morgan fingerprint density at radius 1 is 0.571 bits per heavy atom. The Labute approximate surface area is 241 Å². The number of hydrogen-bond acceptors (Lipinski definition) is 10. The Morgan fingerprint density at radius 2 is 0.905 bits per heavy atom. The number of ether oxygens (including phenoxy) is 4. The number of nitrogens with zero attached hydrogens (tertiary/aromatic N) is 2. The SMILES string of the molecule is COC(=O)/C(=C1\C(=O)N(C)c2ccccc21)C(C(=O)OC)C(C(=O)OC)/C(C(=O)OC)=C1/C(=O)N(C)c2ccccc21. The van der Waals surface area contributed by atoms with Crippen molar-refractivity contribution in [3.05, 3.63) is 70.8 Å². The summed E-state index contributed by atoms with van der Waals surface area (Å²) in [5.41, 5.74) is -0.210. The van der Waals surface area contributed by atoms with Gasteiger partial charge in [-0.3, -0.25) is 19.2 Å². The van der Waals surface area contributed by atoms with E-state index < -0.39 is 58.7 Å². The van der Waals surface area contributed by atoms with Gasteiger partial charge in [-0.05, 0) is 12.1 Å². The molecular weight excluding hydrogens is 548 g/mol. The number of esters is 4. The molecular formula is C30H28N2O10. The van der Waals surface area contributed by atoms with Crippen molar-refractivity contribution in [1.82, 2.24) is 0 Å². The Bertz CT molecular complexity index is 1470. The molecule has 0 radical (unpaired) electrons. The van der Waals surface area contributed by atoms with E-state index in [0.717, 1.165) is 28.4 Å². The van der Waals surface area contributed by atoms with Crippen LogP contribution in [-0.4, -0.2) is 78.2 Å². The lowest BCUT2D eigenvalue weighted by Crippen LogP contribution is -2.40. The van der Waals surface area contributed by atoms with Gasteiger partial charge in [-0.2, -0.15) is 0 Å². The summed E-state index contributed by atoms with van der Waals surface area (Å²) in [6.07, 6.45) is 0. The largest absolute Gasteiger partial charge is 0.469 e. The normalized spacial score (nSPS) is 17.6. The number of carbonyl (C=O) groups excluding carboxylic acids is 6. The van der Waals surface area contributed by atoms with Crippen LogP contribution in [0.1, 0.15) is 11.1 Å². The molecule has 12 heteroatoms. The Hall–Kier alpha value is -5.26. The molecule has 2 aromatic rings. The van der Waals surface area contributed by atoms with Crippen molar-refractivity contribution in [1.29, 1.82) is 0 Å². The van der Waals surface area contributed by atoms with E-state index in [0.29, 0.717) is 11.4 Å². The number of carbonyl (C=O) groups is 6. The van der Waals surface area contributed by atoms with Crippen LogP contribution in [0.4, 0.5) is 11.4 Å². The second kappa shape index (κ2) is 11.7. The van der Waals surface area contributed by atoms with E-state index in [1.165, 1.54) is 23.9 Å². The van der Waals surface area contributed by atoms with Gasteiger partial charge >= 0.3 is 23.9 Å². The summed E-state index contributed by atoms with van der Waals surface area (Å²) in [4.78, 5) is 84.1. The second-order valence-corrected chi connectivity index (χ2v) is 9.32. The van der Waals surface area contributed by atoms with Gasteiger partial charge in [0.2, 0.25) is 0 Å². The fourth-order valence-corrected chi connectivity index (χ4v) is 5.34. The molecule has 2 aliphatic heterocycles. The molecule has 42 heavy (non-hydrogen) atoms. The summed E-state index contributed by atoms with van der Waals surface area (Å²) in [6, 6.07) is 13.0. The molecule has 2 atom stereocenters. The predicted molar refractivity (Wildman–Crippen MR) is 149 cm³/mol. The van der Waals surface area contributed by atoms with E-state index in [2.05, 4.69) is 0 Å². The van der Waals surface area contributed by atoms with Crippen LogP contribution in [0.25, 0.3) is 11.1 Å². The Balaban J connectivity index is 2.17. The Kier molecular flexibility index (Phi) is 8.27. The van der Waals surface area contributed by atoms with E-state index in [1.807, 2.05) is 0 Å². The standard InChI is InChI=1S/C30H28N2O10/c1-31-17-13-9-7-11-15(17)19(25(31)33)21(27(35)39-3)23(29(37)41-5)24(30(38)42-6)22(28(36)40-4)20-16-12-8-10-14-18(16)32(2)26(20)34/h7-14,23-24H,1-6H3/b21-19-,22-20-. The van der Waals surface area contributed by atoms with Crippen LogP contribution in [0.5, 0.6) is 0 Å². The Morgan fingerprint density at radius 3 is 1.21 bits per heavy atom. The first-order valence-electron chi connectivity index (χ1n) is 12.6. The van der Waals surface area contributed by atoms with Crippen LogP contribution in [-0.2, 0) is 47.7 Å². The first-order chi connectivity index (χ1) is 20.0. The lowest BCUT2D eigenvalue weighted by Gasteiger charge is -2.27. The number of anilines is 2. The van der Waals surface area contributed by atoms with E-state index in [-0.39, 0.29) is 22.3 Å². The van der Waals surface area contributed by atoms with Gasteiger partial charge in [0.05, 0.1) is 62.1 Å². The maximum absolute atomic E-state index is 13.6. The molecule has 0 saturated heterocycles. The van der Waals surface area contributed by atoms with Gasteiger partial charge in [0, 0.05) is 25.2 Å². The van der Waals surface area contributed by atoms with Crippen molar-refractivity contribution < 1.29 is 47.7 Å². The summed E-state index contributed by atoms with van der Waals surface area (Å²) in [5, 5.41) is 0. The van der Waals surface area contributed by atoms with Crippen LogP contribution < -0.4 is 9.80 Å². The monoisotopic (exact) mass is 576 g/mol. The molecule has 2 aromatic carbocycles.